The third-order valence-corrected chi connectivity index (χ3v) is 6.92. The maximum Gasteiger partial charge on any atom is 0.286 e. The van der Waals surface area contributed by atoms with E-state index in [1.807, 2.05) is 24.3 Å². The van der Waals surface area contributed by atoms with Crippen molar-refractivity contribution in [1.82, 2.24) is 5.32 Å². The van der Waals surface area contributed by atoms with Crippen molar-refractivity contribution in [2.45, 2.75) is 116 Å². The highest BCUT2D eigenvalue weighted by molar-refractivity contribution is 9.10. The summed E-state index contributed by atoms with van der Waals surface area (Å²) in [6, 6.07) is 11.1. The average molecular weight is 549 g/mol. The van der Waals surface area contributed by atoms with E-state index in [0.29, 0.717) is 24.7 Å². The zero-order chi connectivity index (χ0) is 25.0. The van der Waals surface area contributed by atoms with E-state index in [9.17, 15) is 4.79 Å². The molecule has 1 N–H and O–H groups in total. The minimum absolute atomic E-state index is 0.152. The Kier molecular flexibility index (Phi) is 16.4. The summed E-state index contributed by atoms with van der Waals surface area (Å²) in [6.45, 7) is 3.28. The van der Waals surface area contributed by atoms with Crippen LogP contribution in [0.5, 0.6) is 5.75 Å². The summed E-state index contributed by atoms with van der Waals surface area (Å²) in [5.74, 6) is 1.59. The number of amides is 1. The van der Waals surface area contributed by atoms with Crippen LogP contribution in [0.2, 0.25) is 0 Å². The fourth-order valence-corrected chi connectivity index (χ4v) is 4.49. The van der Waals surface area contributed by atoms with Crippen LogP contribution in [0.3, 0.4) is 0 Å². The molecule has 0 aliphatic carbocycles. The summed E-state index contributed by atoms with van der Waals surface area (Å²) in [5, 5.41) is 2.96. The lowest BCUT2D eigenvalue weighted by atomic mass is 10.0. The summed E-state index contributed by atoms with van der Waals surface area (Å²) in [7, 11) is 0. The van der Waals surface area contributed by atoms with Gasteiger partial charge >= 0.3 is 0 Å². The van der Waals surface area contributed by atoms with Gasteiger partial charge in [0.05, 0.1) is 0 Å². The van der Waals surface area contributed by atoms with E-state index in [2.05, 4.69) is 28.2 Å². The Morgan fingerprint density at radius 2 is 1.26 bits per heavy atom. The molecule has 0 saturated carbocycles. The Labute approximate surface area is 221 Å². The fourth-order valence-electron chi connectivity index (χ4n) is 4.22. The molecular formula is C30H46BrNO3. The molecule has 1 amide bonds. The quantitative estimate of drug-likeness (QED) is 0.158. The topological polar surface area (TPSA) is 51.5 Å². The van der Waals surface area contributed by atoms with Gasteiger partial charge in [0.1, 0.15) is 18.1 Å². The molecule has 35 heavy (non-hydrogen) atoms. The molecule has 0 aliphatic rings. The minimum atomic E-state index is -0.152. The highest BCUT2D eigenvalue weighted by Crippen LogP contribution is 2.18. The van der Waals surface area contributed by atoms with Gasteiger partial charge in [0.2, 0.25) is 0 Å². The number of carbonyl (C=O) groups excluding carboxylic acids is 1. The van der Waals surface area contributed by atoms with Gasteiger partial charge in [-0.1, -0.05) is 119 Å². The monoisotopic (exact) mass is 547 g/mol. The molecular weight excluding hydrogens is 502 g/mol. The molecule has 0 radical (unpaired) electrons. The van der Waals surface area contributed by atoms with E-state index < -0.39 is 0 Å². The largest absolute Gasteiger partial charge is 0.486 e. The summed E-state index contributed by atoms with van der Waals surface area (Å²) in [4.78, 5) is 12.3. The van der Waals surface area contributed by atoms with Crippen molar-refractivity contribution >= 4 is 21.8 Å². The maximum absolute atomic E-state index is 12.3. The number of hydrogen-bond donors (Lipinski definition) is 1. The van der Waals surface area contributed by atoms with Crippen LogP contribution in [-0.2, 0) is 6.61 Å². The van der Waals surface area contributed by atoms with Gasteiger partial charge in [0.15, 0.2) is 5.76 Å². The predicted octanol–water partition coefficient (Wildman–Crippen LogP) is 9.61. The molecule has 0 aliphatic heterocycles. The zero-order valence-electron chi connectivity index (χ0n) is 21.8. The van der Waals surface area contributed by atoms with Crippen molar-refractivity contribution in [2.75, 3.05) is 6.54 Å². The van der Waals surface area contributed by atoms with Crippen LogP contribution in [0, 0.1) is 0 Å². The van der Waals surface area contributed by atoms with Gasteiger partial charge in [0, 0.05) is 11.0 Å². The number of halogens is 1. The molecule has 1 aromatic heterocycles. The maximum atomic E-state index is 12.3. The summed E-state index contributed by atoms with van der Waals surface area (Å²) < 4.78 is 12.3. The van der Waals surface area contributed by atoms with Crippen molar-refractivity contribution in [3.63, 3.8) is 0 Å². The normalized spacial score (nSPS) is 11.0. The number of benzene rings is 1. The highest BCUT2D eigenvalue weighted by Gasteiger charge is 2.11. The number of carbonyl (C=O) groups is 1. The Hall–Kier alpha value is -1.75. The highest BCUT2D eigenvalue weighted by atomic mass is 79.9. The molecule has 0 bridgehead atoms. The molecule has 4 nitrogen and oxygen atoms in total. The fraction of sp³-hybridized carbons (Fsp3) is 0.633. The Balaban J connectivity index is 1.38. The second-order valence-electron chi connectivity index (χ2n) is 9.57. The van der Waals surface area contributed by atoms with E-state index in [-0.39, 0.29) is 5.91 Å². The Morgan fingerprint density at radius 3 is 1.80 bits per heavy atom. The van der Waals surface area contributed by atoms with Crippen LogP contribution in [0.25, 0.3) is 0 Å². The third-order valence-electron chi connectivity index (χ3n) is 6.40. The average Bonchev–Trinajstić information content (AvgIpc) is 3.35. The summed E-state index contributed by atoms with van der Waals surface area (Å²) in [5.41, 5.74) is 0. The van der Waals surface area contributed by atoms with Crippen LogP contribution in [0.4, 0.5) is 0 Å². The number of nitrogens with one attached hydrogen (secondary N) is 1. The van der Waals surface area contributed by atoms with Gasteiger partial charge in [-0.05, 0) is 42.8 Å². The van der Waals surface area contributed by atoms with Gasteiger partial charge in [-0.15, -0.1) is 0 Å². The first kappa shape index (κ1) is 29.5. The van der Waals surface area contributed by atoms with Crippen LogP contribution in [0.15, 0.2) is 45.3 Å². The number of furan rings is 1. The molecule has 1 aromatic carbocycles. The van der Waals surface area contributed by atoms with Crippen LogP contribution < -0.4 is 10.1 Å². The van der Waals surface area contributed by atoms with Crippen molar-refractivity contribution in [2.24, 2.45) is 0 Å². The van der Waals surface area contributed by atoms with Crippen molar-refractivity contribution in [1.29, 1.82) is 0 Å². The SMILES string of the molecule is CCCCCCCCCCCCCCCCCCNC(=O)c1ccc(COc2ccc(Br)cc2)o1. The summed E-state index contributed by atoms with van der Waals surface area (Å²) >= 11 is 3.40. The molecule has 0 saturated heterocycles. The lowest BCUT2D eigenvalue weighted by Gasteiger charge is -2.05. The Bertz CT molecular complexity index is 787. The second-order valence-corrected chi connectivity index (χ2v) is 10.5. The van der Waals surface area contributed by atoms with E-state index in [4.69, 9.17) is 9.15 Å². The Morgan fingerprint density at radius 1 is 0.743 bits per heavy atom. The van der Waals surface area contributed by atoms with E-state index in [1.165, 1.54) is 96.3 Å². The van der Waals surface area contributed by atoms with Crippen LogP contribution in [0.1, 0.15) is 126 Å². The standard InChI is InChI=1S/C30H46BrNO3/c1-2-3-4-5-6-7-8-9-10-11-12-13-14-15-16-17-24-32-30(33)29-23-22-28(35-29)25-34-27-20-18-26(31)19-21-27/h18-23H,2-17,24-25H2,1H3,(H,32,33). The van der Waals surface area contributed by atoms with E-state index in [0.717, 1.165) is 16.6 Å². The molecule has 2 rings (SSSR count). The van der Waals surface area contributed by atoms with Gasteiger partial charge in [-0.25, -0.2) is 0 Å². The molecule has 0 unspecified atom stereocenters. The molecule has 5 heteroatoms. The first-order chi connectivity index (χ1) is 17.2. The number of ether oxygens (including phenoxy) is 1. The smallest absolute Gasteiger partial charge is 0.286 e. The second kappa shape index (κ2) is 19.4. The first-order valence-corrected chi connectivity index (χ1v) is 14.7. The lowest BCUT2D eigenvalue weighted by Crippen LogP contribution is -2.23. The molecule has 0 spiro atoms. The summed E-state index contributed by atoms with van der Waals surface area (Å²) in [6.07, 6.45) is 21.6. The van der Waals surface area contributed by atoms with E-state index in [1.54, 1.807) is 12.1 Å². The first-order valence-electron chi connectivity index (χ1n) is 13.9. The third kappa shape index (κ3) is 14.4. The van der Waals surface area contributed by atoms with Gasteiger partial charge in [-0.2, -0.15) is 0 Å². The number of hydrogen-bond acceptors (Lipinski definition) is 3. The van der Waals surface area contributed by atoms with Crippen LogP contribution >= 0.6 is 15.9 Å². The van der Waals surface area contributed by atoms with Gasteiger partial charge in [0.25, 0.3) is 5.91 Å². The van der Waals surface area contributed by atoms with E-state index >= 15 is 0 Å². The van der Waals surface area contributed by atoms with Crippen molar-refractivity contribution < 1.29 is 13.9 Å². The lowest BCUT2D eigenvalue weighted by molar-refractivity contribution is 0.0921. The van der Waals surface area contributed by atoms with Crippen molar-refractivity contribution in [3.8, 4) is 5.75 Å². The molecule has 2 aromatic rings. The predicted molar refractivity (Wildman–Crippen MR) is 149 cm³/mol. The number of unbranched alkanes of at least 4 members (excludes halogenated alkanes) is 15. The molecule has 196 valence electrons. The van der Waals surface area contributed by atoms with Crippen molar-refractivity contribution in [3.05, 3.63) is 52.4 Å². The van der Waals surface area contributed by atoms with Gasteiger partial charge < -0.3 is 14.5 Å². The van der Waals surface area contributed by atoms with Crippen LogP contribution in [-0.4, -0.2) is 12.5 Å². The van der Waals surface area contributed by atoms with Gasteiger partial charge in [-0.3, -0.25) is 4.79 Å². The molecule has 0 atom stereocenters. The minimum Gasteiger partial charge on any atom is -0.486 e. The molecule has 1 heterocycles. The number of rotatable bonds is 21. The molecule has 0 fully saturated rings. The zero-order valence-corrected chi connectivity index (χ0v) is 23.4.